The largest absolute Gasteiger partial charge is 0.480 e. The highest BCUT2D eigenvalue weighted by molar-refractivity contribution is 5.92. The molecule has 0 bridgehead atoms. The van der Waals surface area contributed by atoms with E-state index in [2.05, 4.69) is 15.6 Å². The number of carboxylic acids is 1. The van der Waals surface area contributed by atoms with Crippen molar-refractivity contribution in [3.05, 3.63) is 35.9 Å². The summed E-state index contributed by atoms with van der Waals surface area (Å²) in [4.78, 5) is 40.5. The van der Waals surface area contributed by atoms with E-state index in [4.69, 9.17) is 17.2 Å². The van der Waals surface area contributed by atoms with Gasteiger partial charge in [0.05, 0.1) is 6.04 Å². The van der Waals surface area contributed by atoms with Crippen molar-refractivity contribution in [3.8, 4) is 0 Å². The first kappa shape index (κ1) is 24.9. The molecule has 3 atom stereocenters. The molecule has 0 aliphatic rings. The van der Waals surface area contributed by atoms with E-state index >= 15 is 0 Å². The molecule has 9 N–H and O–H groups in total. The summed E-state index contributed by atoms with van der Waals surface area (Å²) in [5, 5.41) is 14.6. The van der Waals surface area contributed by atoms with Crippen LogP contribution < -0.4 is 27.8 Å². The topological polar surface area (TPSA) is 186 Å². The Morgan fingerprint density at radius 2 is 1.70 bits per heavy atom. The summed E-state index contributed by atoms with van der Waals surface area (Å²) in [6, 6.07) is 6.10. The summed E-state index contributed by atoms with van der Waals surface area (Å²) in [5.41, 5.74) is 17.1. The molecule has 166 valence electrons. The molecule has 0 saturated carbocycles. The number of hydrogen-bond donors (Lipinski definition) is 6. The number of nitrogens with zero attached hydrogens (tertiary/aromatic N) is 1. The monoisotopic (exact) mass is 420 g/mol. The Morgan fingerprint density at radius 1 is 1.07 bits per heavy atom. The first-order valence-corrected chi connectivity index (χ1v) is 9.80. The van der Waals surface area contributed by atoms with Crippen LogP contribution in [0.5, 0.6) is 0 Å². The molecule has 0 fully saturated rings. The molecule has 0 heterocycles. The van der Waals surface area contributed by atoms with Crippen LogP contribution in [0.25, 0.3) is 0 Å². The second-order valence-corrected chi connectivity index (χ2v) is 7.37. The fourth-order valence-electron chi connectivity index (χ4n) is 2.76. The lowest BCUT2D eigenvalue weighted by Crippen LogP contribution is -2.56. The van der Waals surface area contributed by atoms with E-state index in [9.17, 15) is 19.5 Å². The molecule has 0 aliphatic heterocycles. The maximum absolute atomic E-state index is 12.7. The molecule has 2 amide bonds. The van der Waals surface area contributed by atoms with Gasteiger partial charge < -0.3 is 32.9 Å². The van der Waals surface area contributed by atoms with Crippen LogP contribution in [0, 0.1) is 5.92 Å². The lowest BCUT2D eigenvalue weighted by molar-refractivity contribution is -0.142. The molecule has 0 aliphatic carbocycles. The van der Waals surface area contributed by atoms with E-state index in [-0.39, 0.29) is 18.3 Å². The van der Waals surface area contributed by atoms with E-state index in [1.165, 1.54) is 0 Å². The van der Waals surface area contributed by atoms with Gasteiger partial charge >= 0.3 is 5.97 Å². The number of nitrogens with one attached hydrogen (secondary N) is 2. The van der Waals surface area contributed by atoms with Crippen molar-refractivity contribution in [1.29, 1.82) is 0 Å². The van der Waals surface area contributed by atoms with E-state index in [1.807, 2.05) is 6.07 Å². The lowest BCUT2D eigenvalue weighted by atomic mass is 10.0. The zero-order valence-electron chi connectivity index (χ0n) is 17.4. The summed E-state index contributed by atoms with van der Waals surface area (Å²) in [6.07, 6.45) is 0.967. The molecule has 1 aromatic rings. The number of hydrogen-bond acceptors (Lipinski definition) is 5. The van der Waals surface area contributed by atoms with Gasteiger partial charge in [-0.3, -0.25) is 14.6 Å². The van der Waals surface area contributed by atoms with Gasteiger partial charge in [-0.2, -0.15) is 0 Å². The Morgan fingerprint density at radius 3 is 2.23 bits per heavy atom. The molecule has 0 aromatic heterocycles. The van der Waals surface area contributed by atoms with Crippen molar-refractivity contribution in [2.75, 3.05) is 6.54 Å². The minimum atomic E-state index is -1.16. The second-order valence-electron chi connectivity index (χ2n) is 7.37. The Balaban J connectivity index is 2.70. The highest BCUT2D eigenvalue weighted by Gasteiger charge is 2.29. The highest BCUT2D eigenvalue weighted by Crippen LogP contribution is 2.07. The molecule has 30 heavy (non-hydrogen) atoms. The zero-order chi connectivity index (χ0) is 22.7. The molecular weight excluding hydrogens is 388 g/mol. The first-order valence-electron chi connectivity index (χ1n) is 9.80. The van der Waals surface area contributed by atoms with Gasteiger partial charge in [-0.1, -0.05) is 44.2 Å². The Kier molecular flexibility index (Phi) is 10.3. The summed E-state index contributed by atoms with van der Waals surface area (Å²) in [5.74, 6) is -2.53. The highest BCUT2D eigenvalue weighted by atomic mass is 16.4. The Hall–Kier alpha value is -3.14. The van der Waals surface area contributed by atoms with Crippen LogP contribution in [-0.2, 0) is 20.8 Å². The number of carbonyl (C=O) groups excluding carboxylic acids is 2. The molecule has 0 saturated heterocycles. The fourth-order valence-corrected chi connectivity index (χ4v) is 2.76. The van der Waals surface area contributed by atoms with Crippen LogP contribution in [0.15, 0.2) is 35.3 Å². The number of rotatable bonds is 12. The number of carboxylic acid groups (broad SMARTS) is 1. The quantitative estimate of drug-likeness (QED) is 0.147. The maximum atomic E-state index is 12.7. The van der Waals surface area contributed by atoms with Gasteiger partial charge in [-0.05, 0) is 24.3 Å². The summed E-state index contributed by atoms with van der Waals surface area (Å²) >= 11 is 0. The van der Waals surface area contributed by atoms with Gasteiger partial charge in [0.1, 0.15) is 12.1 Å². The van der Waals surface area contributed by atoms with Gasteiger partial charge in [-0.15, -0.1) is 0 Å². The van der Waals surface area contributed by atoms with Crippen molar-refractivity contribution in [2.45, 2.75) is 51.2 Å². The van der Waals surface area contributed by atoms with Crippen molar-refractivity contribution in [3.63, 3.8) is 0 Å². The first-order chi connectivity index (χ1) is 14.1. The van der Waals surface area contributed by atoms with Crippen LogP contribution in [0.3, 0.4) is 0 Å². The lowest BCUT2D eigenvalue weighted by Gasteiger charge is -2.25. The molecule has 0 spiro atoms. The van der Waals surface area contributed by atoms with E-state index in [1.54, 1.807) is 38.1 Å². The fraction of sp³-hybridized carbons (Fsp3) is 0.500. The predicted molar refractivity (Wildman–Crippen MR) is 114 cm³/mol. The number of carbonyl (C=O) groups is 3. The van der Waals surface area contributed by atoms with Crippen LogP contribution in [-0.4, -0.2) is 53.5 Å². The predicted octanol–water partition coefficient (Wildman–Crippen LogP) is -0.680. The molecule has 1 rings (SSSR count). The van der Waals surface area contributed by atoms with E-state index < -0.39 is 35.9 Å². The van der Waals surface area contributed by atoms with Crippen molar-refractivity contribution >= 4 is 23.7 Å². The standard InChI is InChI=1S/C20H32N6O4/c1-12(2)16(26-17(27)14(21)9-6-10-24-20(22)23)18(28)25-15(19(29)30)11-13-7-4-3-5-8-13/h3-5,7-8,12,14-16H,6,9-11,21H2,1-2H3,(H,25,28)(H,26,27)(H,29,30)(H4,22,23,24). The molecule has 10 nitrogen and oxygen atoms in total. The third-order valence-electron chi connectivity index (χ3n) is 4.45. The number of aliphatic imine (C=N–C) groups is 1. The van der Waals surface area contributed by atoms with Crippen molar-refractivity contribution in [1.82, 2.24) is 10.6 Å². The molecule has 3 unspecified atom stereocenters. The van der Waals surface area contributed by atoms with Crippen molar-refractivity contribution < 1.29 is 19.5 Å². The van der Waals surface area contributed by atoms with Crippen LogP contribution >= 0.6 is 0 Å². The van der Waals surface area contributed by atoms with Gasteiger partial charge in [-0.25, -0.2) is 4.79 Å². The SMILES string of the molecule is CC(C)C(NC(=O)C(N)CCCN=C(N)N)C(=O)NC(Cc1ccccc1)C(=O)O. The Bertz CT molecular complexity index is 734. The number of guanidine groups is 1. The zero-order valence-corrected chi connectivity index (χ0v) is 17.4. The third-order valence-corrected chi connectivity index (χ3v) is 4.45. The van der Waals surface area contributed by atoms with Gasteiger partial charge in [0, 0.05) is 13.0 Å². The van der Waals surface area contributed by atoms with Gasteiger partial charge in [0.2, 0.25) is 11.8 Å². The molecule has 10 heteroatoms. The summed E-state index contributed by atoms with van der Waals surface area (Å²) in [7, 11) is 0. The average molecular weight is 421 g/mol. The Labute approximate surface area is 176 Å². The van der Waals surface area contributed by atoms with Crippen LogP contribution in [0.1, 0.15) is 32.3 Å². The number of benzene rings is 1. The molecule has 1 aromatic carbocycles. The van der Waals surface area contributed by atoms with E-state index in [0.717, 1.165) is 5.56 Å². The van der Waals surface area contributed by atoms with Gasteiger partial charge in [0.25, 0.3) is 0 Å². The number of nitrogens with two attached hydrogens (primary N) is 3. The average Bonchev–Trinajstić information content (AvgIpc) is 2.68. The second kappa shape index (κ2) is 12.4. The van der Waals surface area contributed by atoms with E-state index in [0.29, 0.717) is 19.4 Å². The maximum Gasteiger partial charge on any atom is 0.326 e. The molecule has 0 radical (unpaired) electrons. The van der Waals surface area contributed by atoms with Gasteiger partial charge in [0.15, 0.2) is 5.96 Å². The van der Waals surface area contributed by atoms with Crippen molar-refractivity contribution in [2.24, 2.45) is 28.1 Å². The van der Waals surface area contributed by atoms with Crippen LogP contribution in [0.4, 0.5) is 0 Å². The summed E-state index contributed by atoms with van der Waals surface area (Å²) < 4.78 is 0. The minimum Gasteiger partial charge on any atom is -0.480 e. The smallest absolute Gasteiger partial charge is 0.326 e. The third kappa shape index (κ3) is 8.91. The summed E-state index contributed by atoms with van der Waals surface area (Å²) in [6.45, 7) is 3.85. The minimum absolute atomic E-state index is 0.0342. The molecular formula is C20H32N6O4. The van der Waals surface area contributed by atoms with Crippen LogP contribution in [0.2, 0.25) is 0 Å². The number of amides is 2. The number of aliphatic carboxylic acids is 1. The normalized spacial score (nSPS) is 13.7.